The lowest BCUT2D eigenvalue weighted by Gasteiger charge is -2.06. The minimum absolute atomic E-state index is 0.0118. The van der Waals surface area contributed by atoms with Crippen molar-refractivity contribution in [2.24, 2.45) is 5.10 Å². The number of benzene rings is 3. The maximum Gasteiger partial charge on any atom is 0.283 e. The molecule has 0 bridgehead atoms. The van der Waals surface area contributed by atoms with Crippen LogP contribution in [0.5, 0.6) is 11.5 Å². The number of hydrazone groups is 1. The normalized spacial score (nSPS) is 11.1. The van der Waals surface area contributed by atoms with Gasteiger partial charge in [-0.3, -0.25) is 20.3 Å². The number of Topliss-reactive ketones (excluding diaryl/α,β-unsaturated/α-hetero) is 1. The van der Waals surface area contributed by atoms with Crippen molar-refractivity contribution in [2.45, 2.75) is 11.8 Å². The van der Waals surface area contributed by atoms with Crippen LogP contribution in [0.25, 0.3) is 0 Å². The summed E-state index contributed by atoms with van der Waals surface area (Å²) in [5.74, 6) is 1.06. The van der Waals surface area contributed by atoms with E-state index >= 15 is 0 Å². The van der Waals surface area contributed by atoms with Crippen molar-refractivity contribution in [3.8, 4) is 11.5 Å². The van der Waals surface area contributed by atoms with Gasteiger partial charge in [0, 0.05) is 17.7 Å². The summed E-state index contributed by atoms with van der Waals surface area (Å²) in [5, 5.41) is 23.1. The highest BCUT2D eigenvalue weighted by atomic mass is 32.2. The third kappa shape index (κ3) is 6.45. The lowest BCUT2D eigenvalue weighted by molar-refractivity contribution is -0.384. The highest BCUT2D eigenvalue weighted by Crippen LogP contribution is 2.23. The highest BCUT2D eigenvalue weighted by Gasteiger charge is 2.20. The molecule has 0 atom stereocenters. The number of ether oxygens (including phenoxy) is 2. The number of carbonyl (C=O) groups excluding carboxylic acids is 1. The molecule has 12 heteroatoms. The van der Waals surface area contributed by atoms with E-state index in [0.717, 1.165) is 11.8 Å². The Labute approximate surface area is 209 Å². The zero-order valence-corrected chi connectivity index (χ0v) is 19.7. The Hall–Kier alpha value is -4.71. The van der Waals surface area contributed by atoms with E-state index in [4.69, 9.17) is 13.9 Å². The first-order chi connectivity index (χ1) is 17.5. The molecule has 182 valence electrons. The fraction of sp³-hybridized carbons (Fsp3) is 0.0833. The number of hydrogen-bond donors (Lipinski definition) is 1. The van der Waals surface area contributed by atoms with Crippen molar-refractivity contribution >= 4 is 34.0 Å². The number of rotatable bonds is 10. The maximum absolute atomic E-state index is 13.2. The number of carbonyl (C=O) groups is 1. The summed E-state index contributed by atoms with van der Waals surface area (Å²) in [4.78, 5) is 23.6. The molecule has 1 aromatic heterocycles. The first-order valence-electron chi connectivity index (χ1n) is 10.5. The zero-order valence-electron chi connectivity index (χ0n) is 18.9. The van der Waals surface area contributed by atoms with Crippen LogP contribution in [-0.2, 0) is 6.61 Å². The van der Waals surface area contributed by atoms with E-state index < -0.39 is 10.7 Å². The summed E-state index contributed by atoms with van der Waals surface area (Å²) < 4.78 is 16.4. The first-order valence-corrected chi connectivity index (χ1v) is 11.3. The Bertz CT molecular complexity index is 1360. The molecule has 4 aromatic rings. The van der Waals surface area contributed by atoms with Gasteiger partial charge in [-0.05, 0) is 60.3 Å². The number of hydrogen-bond acceptors (Lipinski definition) is 11. The molecule has 4 rings (SSSR count). The Balaban J connectivity index is 1.52. The summed E-state index contributed by atoms with van der Waals surface area (Å²) in [6.45, 7) is 0.0531. The molecule has 3 aromatic carbocycles. The first kappa shape index (κ1) is 24.4. The molecule has 0 aliphatic heterocycles. The fourth-order valence-corrected chi connectivity index (χ4v) is 3.53. The zero-order chi connectivity index (χ0) is 25.3. The van der Waals surface area contributed by atoms with Crippen LogP contribution >= 0.6 is 11.8 Å². The van der Waals surface area contributed by atoms with Crippen LogP contribution < -0.4 is 14.9 Å². The van der Waals surface area contributed by atoms with Gasteiger partial charge in [0.25, 0.3) is 16.8 Å². The summed E-state index contributed by atoms with van der Waals surface area (Å²) in [5.41, 5.74) is 3.49. The van der Waals surface area contributed by atoms with Crippen molar-refractivity contribution < 1.29 is 23.6 Å². The number of aromatic nitrogens is 2. The number of methoxy groups -OCH3 is 1. The number of thioether (sulfide) groups is 1. The van der Waals surface area contributed by atoms with E-state index in [1.54, 1.807) is 36.4 Å². The summed E-state index contributed by atoms with van der Waals surface area (Å²) in [7, 11) is 1.53. The van der Waals surface area contributed by atoms with Gasteiger partial charge < -0.3 is 13.9 Å². The van der Waals surface area contributed by atoms with Crippen LogP contribution in [0.1, 0.15) is 16.2 Å². The number of anilines is 1. The van der Waals surface area contributed by atoms with Crippen molar-refractivity contribution in [2.75, 3.05) is 12.5 Å². The standard InChI is InChI=1S/C24H19N5O6S/c1-33-19-13-7-16(8-14-19)22(30)23(27-25-17-9-11-18(12-10-17)29(31)32)36-24-28-26-21(35-24)15-34-20-5-3-2-4-6-20/h2-14,25H,15H2,1H3. The predicted octanol–water partition coefficient (Wildman–Crippen LogP) is 4.97. The molecular formula is C24H19N5O6S. The summed E-state index contributed by atoms with van der Waals surface area (Å²) >= 11 is 0.874. The van der Waals surface area contributed by atoms with Gasteiger partial charge in [-0.1, -0.05) is 18.2 Å². The van der Waals surface area contributed by atoms with Crippen LogP contribution in [0, 0.1) is 10.1 Å². The number of nitro benzene ring substituents is 1. The van der Waals surface area contributed by atoms with E-state index in [-0.39, 0.29) is 28.5 Å². The second-order valence-electron chi connectivity index (χ2n) is 7.06. The number of para-hydroxylation sites is 1. The van der Waals surface area contributed by atoms with Gasteiger partial charge in [0.1, 0.15) is 11.5 Å². The molecule has 36 heavy (non-hydrogen) atoms. The fourth-order valence-electron chi connectivity index (χ4n) is 2.84. The third-order valence-corrected chi connectivity index (χ3v) is 5.46. The summed E-state index contributed by atoms with van der Waals surface area (Å²) in [6.07, 6.45) is 0. The molecule has 0 amide bonds. The quantitative estimate of drug-likeness (QED) is 0.0784. The van der Waals surface area contributed by atoms with Gasteiger partial charge >= 0.3 is 0 Å². The Morgan fingerprint density at radius 2 is 1.75 bits per heavy atom. The Kier molecular flexibility index (Phi) is 7.88. The van der Waals surface area contributed by atoms with Crippen LogP contribution in [0.2, 0.25) is 0 Å². The minimum atomic E-state index is -0.504. The molecule has 11 nitrogen and oxygen atoms in total. The molecule has 1 heterocycles. The molecule has 0 aliphatic rings. The molecular weight excluding hydrogens is 486 g/mol. The van der Waals surface area contributed by atoms with Crippen LogP contribution in [0.3, 0.4) is 0 Å². The van der Waals surface area contributed by atoms with E-state index in [1.807, 2.05) is 18.2 Å². The van der Waals surface area contributed by atoms with Crippen LogP contribution in [0.15, 0.2) is 93.6 Å². The van der Waals surface area contributed by atoms with Gasteiger partial charge in [-0.15, -0.1) is 10.2 Å². The van der Waals surface area contributed by atoms with Crippen LogP contribution in [0.4, 0.5) is 11.4 Å². The van der Waals surface area contributed by atoms with E-state index in [0.29, 0.717) is 22.7 Å². The summed E-state index contributed by atoms with van der Waals surface area (Å²) in [6, 6.07) is 21.3. The molecule has 0 saturated heterocycles. The van der Waals surface area contributed by atoms with Gasteiger partial charge in [0.15, 0.2) is 11.7 Å². The van der Waals surface area contributed by atoms with Gasteiger partial charge in [0.05, 0.1) is 17.7 Å². The lowest BCUT2D eigenvalue weighted by atomic mass is 10.1. The number of ketones is 1. The predicted molar refractivity (Wildman–Crippen MR) is 132 cm³/mol. The van der Waals surface area contributed by atoms with Gasteiger partial charge in [0.2, 0.25) is 5.78 Å². The average Bonchev–Trinajstić information content (AvgIpc) is 3.37. The molecule has 1 N–H and O–H groups in total. The topological polar surface area (TPSA) is 142 Å². The molecule has 0 radical (unpaired) electrons. The van der Waals surface area contributed by atoms with Gasteiger partial charge in [-0.2, -0.15) is 5.10 Å². The maximum atomic E-state index is 13.2. The number of nitrogens with one attached hydrogen (secondary N) is 1. The average molecular weight is 506 g/mol. The smallest absolute Gasteiger partial charge is 0.283 e. The molecule has 0 spiro atoms. The number of nitrogens with zero attached hydrogens (tertiary/aromatic N) is 4. The van der Waals surface area contributed by atoms with E-state index in [1.165, 1.54) is 31.4 Å². The Morgan fingerprint density at radius 3 is 2.42 bits per heavy atom. The number of non-ortho nitro benzene ring substituents is 1. The Morgan fingerprint density at radius 1 is 1.03 bits per heavy atom. The van der Waals surface area contributed by atoms with E-state index in [9.17, 15) is 14.9 Å². The molecule has 0 unspecified atom stereocenters. The van der Waals surface area contributed by atoms with Crippen molar-refractivity contribution in [1.82, 2.24) is 10.2 Å². The third-order valence-electron chi connectivity index (χ3n) is 4.65. The van der Waals surface area contributed by atoms with E-state index in [2.05, 4.69) is 20.7 Å². The SMILES string of the molecule is COc1ccc(C(=O)C(=NNc2ccc([N+](=O)[O-])cc2)Sc2nnc(COc3ccccc3)o2)cc1. The van der Waals surface area contributed by atoms with Crippen molar-refractivity contribution in [1.29, 1.82) is 0 Å². The molecule has 0 aliphatic carbocycles. The van der Waals surface area contributed by atoms with Crippen molar-refractivity contribution in [3.63, 3.8) is 0 Å². The van der Waals surface area contributed by atoms with Gasteiger partial charge in [-0.25, -0.2) is 0 Å². The minimum Gasteiger partial charge on any atom is -0.497 e. The second kappa shape index (κ2) is 11.6. The largest absolute Gasteiger partial charge is 0.497 e. The monoisotopic (exact) mass is 505 g/mol. The second-order valence-corrected chi connectivity index (χ2v) is 8.00. The molecule has 0 saturated carbocycles. The lowest BCUT2D eigenvalue weighted by Crippen LogP contribution is -2.13. The highest BCUT2D eigenvalue weighted by molar-refractivity contribution is 8.15. The molecule has 0 fully saturated rings. The van der Waals surface area contributed by atoms with Crippen molar-refractivity contribution in [3.05, 3.63) is 100 Å². The van der Waals surface area contributed by atoms with Crippen LogP contribution in [-0.4, -0.2) is 33.1 Å². The number of nitro groups is 1.